The van der Waals surface area contributed by atoms with Gasteiger partial charge in [0.05, 0.1) is 12.8 Å². The van der Waals surface area contributed by atoms with E-state index in [0.717, 1.165) is 59.1 Å². The van der Waals surface area contributed by atoms with Crippen molar-refractivity contribution in [2.75, 3.05) is 19.5 Å². The molecule has 7 nitrogen and oxygen atoms in total. The third-order valence-corrected chi connectivity index (χ3v) is 6.47. The van der Waals surface area contributed by atoms with Crippen LogP contribution in [0, 0.1) is 0 Å². The number of nitrogen functional groups attached to an aromatic ring is 1. The van der Waals surface area contributed by atoms with Crippen LogP contribution in [0.1, 0.15) is 40.2 Å². The fraction of sp³-hybridized carbons (Fsp3) is 0.318. The SMILES string of the molecule is COC(=O)COc1ccc(-c2c3c(nc4sc(C(N)=O)c(N)c24)CCCCC3)cc1. The van der Waals surface area contributed by atoms with E-state index in [2.05, 4.69) is 4.74 Å². The van der Waals surface area contributed by atoms with E-state index in [1.165, 1.54) is 24.0 Å². The first-order chi connectivity index (χ1) is 14.5. The van der Waals surface area contributed by atoms with Crippen molar-refractivity contribution in [2.24, 2.45) is 5.73 Å². The van der Waals surface area contributed by atoms with E-state index >= 15 is 0 Å². The van der Waals surface area contributed by atoms with Crippen molar-refractivity contribution >= 4 is 39.1 Å². The van der Waals surface area contributed by atoms with Crippen LogP contribution in [0.25, 0.3) is 21.3 Å². The smallest absolute Gasteiger partial charge is 0.343 e. The zero-order chi connectivity index (χ0) is 21.3. The van der Waals surface area contributed by atoms with Crippen LogP contribution in [-0.4, -0.2) is 30.6 Å². The number of nitrogens with zero attached hydrogens (tertiary/aromatic N) is 1. The lowest BCUT2D eigenvalue weighted by Crippen LogP contribution is -2.12. The highest BCUT2D eigenvalue weighted by atomic mass is 32.1. The molecule has 0 saturated heterocycles. The summed E-state index contributed by atoms with van der Waals surface area (Å²) in [6.45, 7) is -0.149. The number of esters is 1. The van der Waals surface area contributed by atoms with Gasteiger partial charge in [-0.25, -0.2) is 9.78 Å². The molecule has 2 aromatic heterocycles. The van der Waals surface area contributed by atoms with Crippen molar-refractivity contribution in [3.8, 4) is 16.9 Å². The normalized spacial score (nSPS) is 13.5. The first-order valence-electron chi connectivity index (χ1n) is 9.83. The second-order valence-corrected chi connectivity index (χ2v) is 8.25. The summed E-state index contributed by atoms with van der Waals surface area (Å²) in [5.74, 6) is -0.412. The molecule has 0 saturated carbocycles. The Morgan fingerprint density at radius 3 is 2.57 bits per heavy atom. The number of rotatable bonds is 5. The maximum Gasteiger partial charge on any atom is 0.343 e. The number of carbonyl (C=O) groups is 2. The highest BCUT2D eigenvalue weighted by Gasteiger charge is 2.24. The number of fused-ring (bicyclic) bond motifs is 2. The first kappa shape index (κ1) is 20.2. The molecule has 156 valence electrons. The Labute approximate surface area is 178 Å². The van der Waals surface area contributed by atoms with Gasteiger partial charge in [0, 0.05) is 11.1 Å². The molecule has 1 aliphatic rings. The minimum Gasteiger partial charge on any atom is -0.482 e. The predicted octanol–water partition coefficient (Wildman–Crippen LogP) is 3.47. The van der Waals surface area contributed by atoms with Gasteiger partial charge in [0.2, 0.25) is 0 Å². The summed E-state index contributed by atoms with van der Waals surface area (Å²) in [7, 11) is 1.32. The minimum atomic E-state index is -0.539. The summed E-state index contributed by atoms with van der Waals surface area (Å²) < 4.78 is 10.1. The largest absolute Gasteiger partial charge is 0.482 e. The summed E-state index contributed by atoms with van der Waals surface area (Å²) in [4.78, 5) is 29.1. The summed E-state index contributed by atoms with van der Waals surface area (Å²) in [5.41, 5.74) is 16.5. The lowest BCUT2D eigenvalue weighted by atomic mass is 9.92. The zero-order valence-corrected chi connectivity index (χ0v) is 17.5. The molecule has 0 spiro atoms. The number of primary amides is 1. The molecule has 0 aliphatic heterocycles. The van der Waals surface area contributed by atoms with Crippen molar-refractivity contribution in [3.63, 3.8) is 0 Å². The third kappa shape index (κ3) is 3.70. The van der Waals surface area contributed by atoms with Crippen LogP contribution in [0.4, 0.5) is 5.69 Å². The summed E-state index contributed by atoms with van der Waals surface area (Å²) in [6, 6.07) is 7.50. The summed E-state index contributed by atoms with van der Waals surface area (Å²) >= 11 is 1.25. The number of aryl methyl sites for hydroxylation is 1. The number of thiophene rings is 1. The molecule has 3 aromatic rings. The number of ether oxygens (including phenoxy) is 2. The third-order valence-electron chi connectivity index (χ3n) is 5.35. The molecule has 2 heterocycles. The maximum absolute atomic E-state index is 11.9. The van der Waals surface area contributed by atoms with Crippen molar-refractivity contribution in [1.29, 1.82) is 0 Å². The molecule has 0 atom stereocenters. The van der Waals surface area contributed by atoms with E-state index < -0.39 is 11.9 Å². The molecule has 0 unspecified atom stereocenters. The van der Waals surface area contributed by atoms with E-state index in [9.17, 15) is 9.59 Å². The Bertz CT molecular complexity index is 1120. The molecule has 30 heavy (non-hydrogen) atoms. The van der Waals surface area contributed by atoms with E-state index in [1.54, 1.807) is 0 Å². The number of amides is 1. The number of aromatic nitrogens is 1. The highest BCUT2D eigenvalue weighted by molar-refractivity contribution is 7.21. The Morgan fingerprint density at radius 2 is 1.87 bits per heavy atom. The minimum absolute atomic E-state index is 0.149. The number of hydrogen-bond donors (Lipinski definition) is 2. The number of pyridine rings is 1. The monoisotopic (exact) mass is 425 g/mol. The number of carbonyl (C=O) groups excluding carboxylic acids is 2. The zero-order valence-electron chi connectivity index (χ0n) is 16.7. The molecule has 1 aromatic carbocycles. The second kappa shape index (κ2) is 8.31. The lowest BCUT2D eigenvalue weighted by molar-refractivity contribution is -0.142. The van der Waals surface area contributed by atoms with E-state index in [0.29, 0.717) is 16.3 Å². The Balaban J connectivity index is 1.85. The highest BCUT2D eigenvalue weighted by Crippen LogP contribution is 2.43. The Kier molecular flexibility index (Phi) is 5.59. The standard InChI is InChI=1S/C22H23N3O4S/c1-28-16(26)11-29-13-9-7-12(8-10-13)17-14-5-3-2-4-6-15(14)25-22-18(17)19(23)20(30-22)21(24)27/h7-10H,2-6,11,23H2,1H3,(H2,24,27). The van der Waals surface area contributed by atoms with E-state index in [1.807, 2.05) is 24.3 Å². The Morgan fingerprint density at radius 1 is 1.13 bits per heavy atom. The molecular weight excluding hydrogens is 402 g/mol. The van der Waals surface area contributed by atoms with Gasteiger partial charge in [-0.15, -0.1) is 11.3 Å². The van der Waals surface area contributed by atoms with Gasteiger partial charge in [0.1, 0.15) is 15.5 Å². The van der Waals surface area contributed by atoms with Gasteiger partial charge in [-0.2, -0.15) is 0 Å². The number of benzene rings is 1. The summed E-state index contributed by atoms with van der Waals surface area (Å²) in [6.07, 6.45) is 5.15. The maximum atomic E-state index is 11.9. The van der Waals surface area contributed by atoms with Crippen molar-refractivity contribution in [3.05, 3.63) is 40.4 Å². The van der Waals surface area contributed by atoms with Gasteiger partial charge < -0.3 is 20.9 Å². The van der Waals surface area contributed by atoms with Crippen molar-refractivity contribution in [1.82, 2.24) is 4.98 Å². The van der Waals surface area contributed by atoms with Gasteiger partial charge in [0.25, 0.3) is 5.91 Å². The van der Waals surface area contributed by atoms with Gasteiger partial charge in [-0.3, -0.25) is 4.79 Å². The van der Waals surface area contributed by atoms with Crippen molar-refractivity contribution < 1.29 is 19.1 Å². The molecule has 0 radical (unpaired) electrons. The fourth-order valence-electron chi connectivity index (χ4n) is 3.90. The van der Waals surface area contributed by atoms with Crippen LogP contribution in [-0.2, 0) is 22.4 Å². The van der Waals surface area contributed by atoms with E-state index in [-0.39, 0.29) is 6.61 Å². The number of methoxy groups -OCH3 is 1. The average molecular weight is 426 g/mol. The quantitative estimate of drug-likeness (QED) is 0.477. The molecule has 1 amide bonds. The Hall–Kier alpha value is -3.13. The van der Waals surface area contributed by atoms with Gasteiger partial charge in [0.15, 0.2) is 6.61 Å². The van der Waals surface area contributed by atoms with Crippen LogP contribution in [0.15, 0.2) is 24.3 Å². The average Bonchev–Trinajstić information content (AvgIpc) is 2.92. The topological polar surface area (TPSA) is 118 Å². The first-order valence-corrected chi connectivity index (χ1v) is 10.6. The van der Waals surface area contributed by atoms with Crippen LogP contribution >= 0.6 is 11.3 Å². The molecular formula is C22H23N3O4S. The van der Waals surface area contributed by atoms with Crippen molar-refractivity contribution in [2.45, 2.75) is 32.1 Å². The number of anilines is 1. The lowest BCUT2D eigenvalue weighted by Gasteiger charge is -2.15. The van der Waals surface area contributed by atoms with E-state index in [4.69, 9.17) is 21.2 Å². The number of nitrogens with two attached hydrogens (primary N) is 2. The molecule has 0 bridgehead atoms. The predicted molar refractivity (Wildman–Crippen MR) is 117 cm³/mol. The van der Waals surface area contributed by atoms with Crippen LogP contribution in [0.3, 0.4) is 0 Å². The van der Waals surface area contributed by atoms with Crippen LogP contribution < -0.4 is 16.2 Å². The molecule has 1 aliphatic carbocycles. The van der Waals surface area contributed by atoms with Gasteiger partial charge in [-0.1, -0.05) is 18.6 Å². The van der Waals surface area contributed by atoms with Crippen LogP contribution in [0.5, 0.6) is 5.75 Å². The molecule has 4 rings (SSSR count). The fourth-order valence-corrected chi connectivity index (χ4v) is 4.88. The second-order valence-electron chi connectivity index (χ2n) is 7.25. The molecule has 0 fully saturated rings. The number of hydrogen-bond acceptors (Lipinski definition) is 7. The van der Waals surface area contributed by atoms with Gasteiger partial charge >= 0.3 is 5.97 Å². The van der Waals surface area contributed by atoms with Crippen LogP contribution in [0.2, 0.25) is 0 Å². The molecule has 8 heteroatoms. The van der Waals surface area contributed by atoms with Gasteiger partial charge in [-0.05, 0) is 54.5 Å². The summed E-state index contributed by atoms with van der Waals surface area (Å²) in [5, 5.41) is 0.790. The molecule has 4 N–H and O–H groups in total.